The zero-order valence-electron chi connectivity index (χ0n) is 12.0. The van der Waals surface area contributed by atoms with Crippen molar-refractivity contribution in [1.29, 1.82) is 0 Å². The first-order valence-corrected chi connectivity index (χ1v) is 6.45. The summed E-state index contributed by atoms with van der Waals surface area (Å²) < 4.78 is 5.75. The van der Waals surface area contributed by atoms with Crippen LogP contribution in [0.15, 0.2) is 18.2 Å². The van der Waals surface area contributed by atoms with Gasteiger partial charge in [0, 0.05) is 11.6 Å². The van der Waals surface area contributed by atoms with Crippen molar-refractivity contribution in [2.75, 3.05) is 6.61 Å². The molecule has 0 aliphatic carbocycles. The van der Waals surface area contributed by atoms with Crippen LogP contribution < -0.4 is 10.5 Å². The molecular weight excluding hydrogens is 226 g/mol. The van der Waals surface area contributed by atoms with Gasteiger partial charge in [-0.25, -0.2) is 0 Å². The third-order valence-electron chi connectivity index (χ3n) is 3.42. The van der Waals surface area contributed by atoms with Crippen LogP contribution in [-0.2, 0) is 0 Å². The highest BCUT2D eigenvalue weighted by atomic mass is 16.5. The van der Waals surface area contributed by atoms with E-state index in [0.29, 0.717) is 0 Å². The van der Waals surface area contributed by atoms with Gasteiger partial charge in [-0.05, 0) is 32.8 Å². The van der Waals surface area contributed by atoms with Crippen LogP contribution in [0.4, 0.5) is 0 Å². The summed E-state index contributed by atoms with van der Waals surface area (Å²) in [7, 11) is 0. The SMILES string of the molecule is Cc1ccc(OCC(C)(O)C(C)C)c(C(C)N)c1. The molecule has 1 rings (SSSR count). The van der Waals surface area contributed by atoms with Gasteiger partial charge < -0.3 is 15.6 Å². The number of aliphatic hydroxyl groups is 1. The van der Waals surface area contributed by atoms with Crippen LogP contribution in [0, 0.1) is 12.8 Å². The zero-order chi connectivity index (χ0) is 13.9. The van der Waals surface area contributed by atoms with E-state index in [0.717, 1.165) is 16.9 Å². The molecule has 18 heavy (non-hydrogen) atoms. The van der Waals surface area contributed by atoms with Gasteiger partial charge >= 0.3 is 0 Å². The molecule has 0 spiro atoms. The van der Waals surface area contributed by atoms with Crippen molar-refractivity contribution in [1.82, 2.24) is 0 Å². The summed E-state index contributed by atoms with van der Waals surface area (Å²) in [5.74, 6) is 0.901. The van der Waals surface area contributed by atoms with E-state index in [1.54, 1.807) is 6.92 Å². The van der Waals surface area contributed by atoms with Crippen LogP contribution in [0.5, 0.6) is 5.75 Å². The number of ether oxygens (including phenoxy) is 1. The van der Waals surface area contributed by atoms with Crippen molar-refractivity contribution < 1.29 is 9.84 Å². The van der Waals surface area contributed by atoms with Gasteiger partial charge in [0.15, 0.2) is 0 Å². The number of benzene rings is 1. The maximum Gasteiger partial charge on any atom is 0.124 e. The van der Waals surface area contributed by atoms with Gasteiger partial charge in [-0.3, -0.25) is 0 Å². The van der Waals surface area contributed by atoms with Crippen LogP contribution >= 0.6 is 0 Å². The average Bonchev–Trinajstić information content (AvgIpc) is 2.27. The molecule has 1 aromatic carbocycles. The van der Waals surface area contributed by atoms with Gasteiger partial charge in [0.2, 0.25) is 0 Å². The Bertz CT molecular complexity index is 397. The third-order valence-corrected chi connectivity index (χ3v) is 3.42. The van der Waals surface area contributed by atoms with Gasteiger partial charge in [0.05, 0.1) is 5.60 Å². The zero-order valence-corrected chi connectivity index (χ0v) is 12.0. The minimum atomic E-state index is -0.833. The average molecular weight is 251 g/mol. The van der Waals surface area contributed by atoms with E-state index in [-0.39, 0.29) is 18.6 Å². The predicted molar refractivity (Wildman–Crippen MR) is 74.7 cm³/mol. The molecular formula is C15H25NO2. The van der Waals surface area contributed by atoms with E-state index in [4.69, 9.17) is 10.5 Å². The molecule has 0 saturated heterocycles. The smallest absolute Gasteiger partial charge is 0.124 e. The molecule has 2 atom stereocenters. The van der Waals surface area contributed by atoms with Crippen LogP contribution in [0.1, 0.15) is 44.9 Å². The molecule has 0 fully saturated rings. The molecule has 102 valence electrons. The molecule has 0 aliphatic heterocycles. The summed E-state index contributed by atoms with van der Waals surface area (Å²) in [6, 6.07) is 5.86. The predicted octanol–water partition coefficient (Wildman–Crippen LogP) is 2.80. The lowest BCUT2D eigenvalue weighted by Gasteiger charge is -2.28. The maximum absolute atomic E-state index is 10.2. The lowest BCUT2D eigenvalue weighted by atomic mass is 9.93. The molecule has 3 N–H and O–H groups in total. The Balaban J connectivity index is 2.85. The number of nitrogens with two attached hydrogens (primary N) is 1. The molecule has 2 unspecified atom stereocenters. The largest absolute Gasteiger partial charge is 0.490 e. The Kier molecular flexibility index (Phi) is 4.77. The van der Waals surface area contributed by atoms with Gasteiger partial charge in [-0.1, -0.05) is 31.5 Å². The number of hydrogen-bond acceptors (Lipinski definition) is 3. The Morgan fingerprint density at radius 2 is 1.94 bits per heavy atom. The van der Waals surface area contributed by atoms with Gasteiger partial charge in [0.1, 0.15) is 12.4 Å². The van der Waals surface area contributed by atoms with E-state index in [1.807, 2.05) is 45.9 Å². The third kappa shape index (κ3) is 3.72. The van der Waals surface area contributed by atoms with E-state index in [9.17, 15) is 5.11 Å². The minimum absolute atomic E-state index is 0.0797. The highest BCUT2D eigenvalue weighted by Crippen LogP contribution is 2.27. The monoisotopic (exact) mass is 251 g/mol. The molecule has 0 amide bonds. The van der Waals surface area contributed by atoms with Crippen LogP contribution in [-0.4, -0.2) is 17.3 Å². The Labute approximate surface area is 110 Å². The molecule has 0 radical (unpaired) electrons. The maximum atomic E-state index is 10.2. The molecule has 3 heteroatoms. The summed E-state index contributed by atoms with van der Waals surface area (Å²) >= 11 is 0. The van der Waals surface area contributed by atoms with Crippen molar-refractivity contribution in [2.45, 2.75) is 46.3 Å². The normalized spacial score (nSPS) is 16.4. The lowest BCUT2D eigenvalue weighted by Crippen LogP contribution is -2.38. The van der Waals surface area contributed by atoms with E-state index in [1.165, 1.54) is 0 Å². The van der Waals surface area contributed by atoms with Crippen molar-refractivity contribution in [3.8, 4) is 5.75 Å². The molecule has 0 bridgehead atoms. The standard InChI is InChI=1S/C15H25NO2/c1-10(2)15(5,17)9-18-14-7-6-11(3)8-13(14)12(4)16/h6-8,10,12,17H,9,16H2,1-5H3. The Hall–Kier alpha value is -1.06. The van der Waals surface area contributed by atoms with Crippen molar-refractivity contribution in [2.24, 2.45) is 11.7 Å². The van der Waals surface area contributed by atoms with E-state index < -0.39 is 5.60 Å². The number of rotatable bonds is 5. The fourth-order valence-corrected chi connectivity index (χ4v) is 1.55. The van der Waals surface area contributed by atoms with Crippen molar-refractivity contribution >= 4 is 0 Å². The molecule has 1 aromatic rings. The highest BCUT2D eigenvalue weighted by Gasteiger charge is 2.26. The van der Waals surface area contributed by atoms with Gasteiger partial charge in [-0.2, -0.15) is 0 Å². The van der Waals surface area contributed by atoms with Crippen molar-refractivity contribution in [3.63, 3.8) is 0 Å². The Morgan fingerprint density at radius 3 is 2.44 bits per heavy atom. The van der Waals surface area contributed by atoms with Gasteiger partial charge in [-0.15, -0.1) is 0 Å². The lowest BCUT2D eigenvalue weighted by molar-refractivity contribution is -0.0269. The first-order chi connectivity index (χ1) is 8.24. The number of hydrogen-bond donors (Lipinski definition) is 2. The molecule has 3 nitrogen and oxygen atoms in total. The minimum Gasteiger partial charge on any atom is -0.490 e. The number of aryl methyl sites for hydroxylation is 1. The highest BCUT2D eigenvalue weighted by molar-refractivity contribution is 5.38. The molecule has 0 saturated carbocycles. The summed E-state index contributed by atoms with van der Waals surface area (Å²) in [6.07, 6.45) is 0. The quantitative estimate of drug-likeness (QED) is 0.846. The summed E-state index contributed by atoms with van der Waals surface area (Å²) in [5.41, 5.74) is 7.25. The Morgan fingerprint density at radius 1 is 1.33 bits per heavy atom. The second-order valence-corrected chi connectivity index (χ2v) is 5.63. The van der Waals surface area contributed by atoms with E-state index >= 15 is 0 Å². The molecule has 0 aliphatic rings. The summed E-state index contributed by atoms with van der Waals surface area (Å²) in [5, 5.41) is 10.2. The molecule has 0 aromatic heterocycles. The van der Waals surface area contributed by atoms with Gasteiger partial charge in [0.25, 0.3) is 0 Å². The second kappa shape index (κ2) is 5.72. The van der Waals surface area contributed by atoms with Crippen LogP contribution in [0.3, 0.4) is 0 Å². The topological polar surface area (TPSA) is 55.5 Å². The fourth-order valence-electron chi connectivity index (χ4n) is 1.55. The fraction of sp³-hybridized carbons (Fsp3) is 0.600. The molecule has 0 heterocycles. The second-order valence-electron chi connectivity index (χ2n) is 5.63. The van der Waals surface area contributed by atoms with E-state index in [2.05, 4.69) is 0 Å². The van der Waals surface area contributed by atoms with Crippen LogP contribution in [0.2, 0.25) is 0 Å². The first-order valence-electron chi connectivity index (χ1n) is 6.45. The van der Waals surface area contributed by atoms with Crippen molar-refractivity contribution in [3.05, 3.63) is 29.3 Å². The first kappa shape index (κ1) is 15.0. The summed E-state index contributed by atoms with van der Waals surface area (Å²) in [4.78, 5) is 0. The van der Waals surface area contributed by atoms with Crippen LogP contribution in [0.25, 0.3) is 0 Å². The summed E-state index contributed by atoms with van der Waals surface area (Å²) in [6.45, 7) is 9.98.